The molecule has 1 amide bonds. The normalized spacial score (nSPS) is 23.4. The Balaban J connectivity index is 1.47. The minimum Gasteiger partial charge on any atom is -0.379 e. The minimum atomic E-state index is -0.0971. The third kappa shape index (κ3) is 4.29. The van der Waals surface area contributed by atoms with Gasteiger partial charge in [0.25, 0.3) is 0 Å². The lowest BCUT2D eigenvalue weighted by Crippen LogP contribution is -2.40. The van der Waals surface area contributed by atoms with Gasteiger partial charge in [-0.05, 0) is 30.5 Å². The fourth-order valence-electron chi connectivity index (χ4n) is 4.56. The lowest BCUT2D eigenvalue weighted by Gasteiger charge is -2.31. The smallest absolute Gasteiger partial charge is 0.223 e. The Morgan fingerprint density at radius 2 is 1.86 bits per heavy atom. The number of likely N-dealkylation sites (tertiary alicyclic amines) is 1. The first-order valence-electron chi connectivity index (χ1n) is 10.2. The van der Waals surface area contributed by atoms with E-state index in [-0.39, 0.29) is 11.3 Å². The molecule has 2 heterocycles. The quantitative estimate of drug-likeness (QED) is 0.816. The molecule has 0 unspecified atom stereocenters. The summed E-state index contributed by atoms with van der Waals surface area (Å²) in [6, 6.07) is 16.9. The fourth-order valence-corrected chi connectivity index (χ4v) is 4.56. The van der Waals surface area contributed by atoms with Crippen LogP contribution in [0.1, 0.15) is 28.7 Å². The van der Waals surface area contributed by atoms with Gasteiger partial charge in [0.05, 0.1) is 13.2 Å². The molecule has 1 atom stereocenters. The molecule has 1 spiro atoms. The summed E-state index contributed by atoms with van der Waals surface area (Å²) in [5, 5.41) is 0. The van der Waals surface area contributed by atoms with Crippen LogP contribution in [0.3, 0.4) is 0 Å². The van der Waals surface area contributed by atoms with Gasteiger partial charge in [0.2, 0.25) is 5.91 Å². The minimum absolute atomic E-state index is 0.0971. The summed E-state index contributed by atoms with van der Waals surface area (Å²) in [5.74, 6) is 0.251. The highest BCUT2D eigenvalue weighted by atomic mass is 16.5. The van der Waals surface area contributed by atoms with Crippen LogP contribution in [0.25, 0.3) is 0 Å². The Hall–Kier alpha value is -2.17. The third-order valence-electron chi connectivity index (χ3n) is 6.04. The van der Waals surface area contributed by atoms with Crippen LogP contribution in [-0.2, 0) is 22.6 Å². The van der Waals surface area contributed by atoms with Crippen molar-refractivity contribution in [2.45, 2.75) is 33.4 Å². The molecule has 0 radical (unpaired) electrons. The van der Waals surface area contributed by atoms with Crippen molar-refractivity contribution in [3.8, 4) is 0 Å². The van der Waals surface area contributed by atoms with Crippen molar-refractivity contribution in [3.63, 3.8) is 0 Å². The van der Waals surface area contributed by atoms with Crippen LogP contribution in [0.5, 0.6) is 0 Å². The predicted octanol–water partition coefficient (Wildman–Crippen LogP) is 3.55. The third-order valence-corrected chi connectivity index (χ3v) is 6.04. The van der Waals surface area contributed by atoms with Crippen LogP contribution in [0, 0.1) is 19.3 Å². The van der Waals surface area contributed by atoms with E-state index in [0.717, 1.165) is 32.8 Å². The zero-order chi connectivity index (χ0) is 19.6. The molecule has 4 heteroatoms. The maximum Gasteiger partial charge on any atom is 0.223 e. The Morgan fingerprint density at radius 3 is 2.68 bits per heavy atom. The van der Waals surface area contributed by atoms with Crippen molar-refractivity contribution in [1.29, 1.82) is 0 Å². The summed E-state index contributed by atoms with van der Waals surface area (Å²) < 4.78 is 5.98. The predicted molar refractivity (Wildman–Crippen MR) is 111 cm³/mol. The Morgan fingerprint density at radius 1 is 1.04 bits per heavy atom. The summed E-state index contributed by atoms with van der Waals surface area (Å²) in [6.07, 6.45) is 0.586. The fraction of sp³-hybridized carbons (Fsp3) is 0.458. The van der Waals surface area contributed by atoms with Crippen LogP contribution < -0.4 is 0 Å². The van der Waals surface area contributed by atoms with Gasteiger partial charge in [0.15, 0.2) is 0 Å². The van der Waals surface area contributed by atoms with E-state index in [0.29, 0.717) is 19.6 Å². The van der Waals surface area contributed by atoms with Gasteiger partial charge in [-0.15, -0.1) is 0 Å². The van der Waals surface area contributed by atoms with Gasteiger partial charge in [-0.2, -0.15) is 0 Å². The largest absolute Gasteiger partial charge is 0.379 e. The molecule has 0 aliphatic carbocycles. The molecule has 2 saturated heterocycles. The van der Waals surface area contributed by atoms with Gasteiger partial charge >= 0.3 is 0 Å². The SMILES string of the molecule is Cc1ccc(C)c(CN2CCOC[C@@]3(CC(=O)N(Cc4ccccc4)C3)C2)c1. The average molecular weight is 379 g/mol. The molecular formula is C24H30N2O2. The summed E-state index contributed by atoms with van der Waals surface area (Å²) in [4.78, 5) is 17.3. The molecule has 0 N–H and O–H groups in total. The number of carbonyl (C=O) groups is 1. The molecule has 0 aromatic heterocycles. The Bertz CT molecular complexity index is 836. The molecule has 28 heavy (non-hydrogen) atoms. The molecule has 2 aliphatic rings. The monoisotopic (exact) mass is 378 g/mol. The second kappa shape index (κ2) is 8.06. The van der Waals surface area contributed by atoms with E-state index < -0.39 is 0 Å². The van der Waals surface area contributed by atoms with Gasteiger partial charge in [0, 0.05) is 44.6 Å². The number of carbonyl (C=O) groups excluding carboxylic acids is 1. The van der Waals surface area contributed by atoms with Crippen molar-refractivity contribution in [1.82, 2.24) is 9.80 Å². The molecule has 4 nitrogen and oxygen atoms in total. The summed E-state index contributed by atoms with van der Waals surface area (Å²) >= 11 is 0. The first-order chi connectivity index (χ1) is 13.5. The zero-order valence-electron chi connectivity index (χ0n) is 17.0. The van der Waals surface area contributed by atoms with Crippen LogP contribution in [0.15, 0.2) is 48.5 Å². The van der Waals surface area contributed by atoms with Gasteiger partial charge in [-0.1, -0.05) is 54.1 Å². The van der Waals surface area contributed by atoms with Crippen molar-refractivity contribution < 1.29 is 9.53 Å². The van der Waals surface area contributed by atoms with Crippen LogP contribution in [0.4, 0.5) is 0 Å². The molecule has 2 fully saturated rings. The van der Waals surface area contributed by atoms with Crippen LogP contribution in [0.2, 0.25) is 0 Å². The van der Waals surface area contributed by atoms with Gasteiger partial charge in [-0.25, -0.2) is 0 Å². The summed E-state index contributed by atoms with van der Waals surface area (Å²) in [7, 11) is 0. The maximum absolute atomic E-state index is 12.8. The average Bonchev–Trinajstić information content (AvgIpc) is 2.84. The Kier molecular flexibility index (Phi) is 5.51. The van der Waals surface area contributed by atoms with Crippen LogP contribution >= 0.6 is 0 Å². The second-order valence-corrected chi connectivity index (χ2v) is 8.61. The van der Waals surface area contributed by atoms with E-state index in [1.165, 1.54) is 22.3 Å². The number of aryl methyl sites for hydroxylation is 2. The molecule has 2 aromatic carbocycles. The van der Waals surface area contributed by atoms with E-state index in [1.54, 1.807) is 0 Å². The first kappa shape index (κ1) is 19.2. The van der Waals surface area contributed by atoms with Gasteiger partial charge < -0.3 is 9.64 Å². The molecule has 0 bridgehead atoms. The van der Waals surface area contributed by atoms with E-state index in [1.807, 2.05) is 23.1 Å². The number of hydrogen-bond acceptors (Lipinski definition) is 3. The molecule has 2 aromatic rings. The molecule has 0 saturated carbocycles. The van der Waals surface area contributed by atoms with Gasteiger partial charge in [0.1, 0.15) is 0 Å². The number of benzene rings is 2. The van der Waals surface area contributed by atoms with Crippen molar-refractivity contribution in [3.05, 3.63) is 70.8 Å². The van der Waals surface area contributed by atoms with E-state index >= 15 is 0 Å². The Labute approximate surface area is 168 Å². The highest BCUT2D eigenvalue weighted by molar-refractivity contribution is 5.79. The standard InChI is InChI=1S/C24H30N2O2/c1-19-8-9-20(2)22(12-19)15-25-10-11-28-18-24(16-25)13-23(27)26(17-24)14-21-6-4-3-5-7-21/h3-9,12H,10-11,13-18H2,1-2H3/t24-/m0/s1. The highest BCUT2D eigenvalue weighted by Gasteiger charge is 2.45. The van der Waals surface area contributed by atoms with Crippen LogP contribution in [-0.4, -0.2) is 48.6 Å². The summed E-state index contributed by atoms with van der Waals surface area (Å²) in [5.41, 5.74) is 5.10. The molecule has 2 aliphatic heterocycles. The topological polar surface area (TPSA) is 32.8 Å². The zero-order valence-corrected chi connectivity index (χ0v) is 17.0. The second-order valence-electron chi connectivity index (χ2n) is 8.61. The number of nitrogens with zero attached hydrogens (tertiary/aromatic N) is 2. The highest BCUT2D eigenvalue weighted by Crippen LogP contribution is 2.35. The number of ether oxygens (including phenoxy) is 1. The molecular weight excluding hydrogens is 348 g/mol. The first-order valence-corrected chi connectivity index (χ1v) is 10.2. The van der Waals surface area contributed by atoms with Crippen molar-refractivity contribution >= 4 is 5.91 Å². The van der Waals surface area contributed by atoms with E-state index in [4.69, 9.17) is 4.74 Å². The summed E-state index contributed by atoms with van der Waals surface area (Å²) in [6.45, 7) is 9.97. The van der Waals surface area contributed by atoms with Crippen molar-refractivity contribution in [2.75, 3.05) is 32.8 Å². The molecule has 148 valence electrons. The number of rotatable bonds is 4. The maximum atomic E-state index is 12.8. The molecule has 4 rings (SSSR count). The van der Waals surface area contributed by atoms with E-state index in [2.05, 4.69) is 49.1 Å². The number of amides is 1. The van der Waals surface area contributed by atoms with E-state index in [9.17, 15) is 4.79 Å². The van der Waals surface area contributed by atoms with Gasteiger partial charge in [-0.3, -0.25) is 9.69 Å². The lowest BCUT2D eigenvalue weighted by molar-refractivity contribution is -0.128. The lowest BCUT2D eigenvalue weighted by atomic mass is 9.87. The number of hydrogen-bond donors (Lipinski definition) is 0. The van der Waals surface area contributed by atoms with Crippen molar-refractivity contribution in [2.24, 2.45) is 5.41 Å².